The Bertz CT molecular complexity index is 901. The van der Waals surface area contributed by atoms with E-state index in [1.807, 2.05) is 60.4 Å². The fourth-order valence-corrected chi connectivity index (χ4v) is 4.04. The maximum atomic E-state index is 13.2. The summed E-state index contributed by atoms with van der Waals surface area (Å²) in [5.74, 6) is -0.0649. The molecule has 29 heavy (non-hydrogen) atoms. The number of hydrogen-bond acceptors (Lipinski definition) is 5. The molecule has 2 heterocycles. The number of carbonyl (C=O) groups is 2. The van der Waals surface area contributed by atoms with Crippen molar-refractivity contribution in [3.63, 3.8) is 0 Å². The number of carboxylic acid groups (broad SMARTS) is 1. The molecule has 7 nitrogen and oxygen atoms in total. The van der Waals surface area contributed by atoms with Crippen LogP contribution in [0.4, 0.5) is 0 Å². The largest absolute Gasteiger partial charge is 0.481 e. The molecule has 0 spiro atoms. The lowest BCUT2D eigenvalue weighted by Gasteiger charge is -2.27. The minimum Gasteiger partial charge on any atom is -0.481 e. The first kappa shape index (κ1) is 19.3. The van der Waals surface area contributed by atoms with Gasteiger partial charge in [0, 0.05) is 19.6 Å². The van der Waals surface area contributed by atoms with Crippen LogP contribution in [0.1, 0.15) is 24.1 Å². The van der Waals surface area contributed by atoms with Crippen molar-refractivity contribution in [3.8, 4) is 11.5 Å². The van der Waals surface area contributed by atoms with E-state index in [2.05, 4.69) is 5.32 Å². The molecule has 152 valence electrons. The predicted octanol–water partition coefficient (Wildman–Crippen LogP) is 2.43. The van der Waals surface area contributed by atoms with Crippen LogP contribution >= 0.6 is 0 Å². The Morgan fingerprint density at radius 1 is 1.14 bits per heavy atom. The van der Waals surface area contributed by atoms with Gasteiger partial charge in [0.25, 0.3) is 0 Å². The number of hydrogen-bond donors (Lipinski definition) is 2. The molecule has 4 rings (SSSR count). The molecule has 0 radical (unpaired) electrons. The van der Waals surface area contributed by atoms with E-state index in [0.29, 0.717) is 31.1 Å². The number of ether oxygens (including phenoxy) is 2. The van der Waals surface area contributed by atoms with Gasteiger partial charge < -0.3 is 19.9 Å². The monoisotopic (exact) mass is 396 g/mol. The van der Waals surface area contributed by atoms with Gasteiger partial charge in [-0.15, -0.1) is 0 Å². The highest BCUT2D eigenvalue weighted by atomic mass is 16.7. The van der Waals surface area contributed by atoms with Crippen LogP contribution in [0.3, 0.4) is 0 Å². The molecule has 2 N–H and O–H groups in total. The molecule has 3 atom stereocenters. The fraction of sp³-hybridized carbons (Fsp3) is 0.364. The van der Waals surface area contributed by atoms with E-state index in [4.69, 9.17) is 9.47 Å². The highest BCUT2D eigenvalue weighted by Crippen LogP contribution is 2.33. The number of benzene rings is 2. The summed E-state index contributed by atoms with van der Waals surface area (Å²) in [6.45, 7) is 3.40. The zero-order valence-electron chi connectivity index (χ0n) is 16.2. The van der Waals surface area contributed by atoms with Crippen LogP contribution in [0, 0.1) is 11.8 Å². The van der Waals surface area contributed by atoms with E-state index < -0.39 is 17.9 Å². The minimum absolute atomic E-state index is 0.0135. The van der Waals surface area contributed by atoms with E-state index in [0.717, 1.165) is 11.1 Å². The van der Waals surface area contributed by atoms with Crippen LogP contribution in [-0.2, 0) is 16.1 Å². The first-order chi connectivity index (χ1) is 14.0. The molecule has 0 bridgehead atoms. The van der Waals surface area contributed by atoms with Crippen molar-refractivity contribution in [3.05, 3.63) is 59.7 Å². The number of aliphatic carboxylic acids is 1. The topological polar surface area (TPSA) is 88.1 Å². The molecule has 1 saturated heterocycles. The maximum Gasteiger partial charge on any atom is 0.308 e. The molecular formula is C22H24N2O5. The molecule has 1 unspecified atom stereocenters. The van der Waals surface area contributed by atoms with Crippen molar-refractivity contribution >= 4 is 11.9 Å². The average Bonchev–Trinajstić information content (AvgIpc) is 3.33. The van der Waals surface area contributed by atoms with Gasteiger partial charge in [0.15, 0.2) is 11.5 Å². The van der Waals surface area contributed by atoms with Crippen LogP contribution in [-0.4, -0.2) is 41.8 Å². The first-order valence-electron chi connectivity index (χ1n) is 9.71. The average molecular weight is 396 g/mol. The third kappa shape index (κ3) is 4.05. The Kier molecular flexibility index (Phi) is 5.40. The fourth-order valence-electron chi connectivity index (χ4n) is 4.04. The van der Waals surface area contributed by atoms with Crippen LogP contribution in [0.25, 0.3) is 0 Å². The van der Waals surface area contributed by atoms with Gasteiger partial charge in [0.05, 0.1) is 5.92 Å². The van der Waals surface area contributed by atoms with Crippen molar-refractivity contribution in [2.75, 3.05) is 19.9 Å². The van der Waals surface area contributed by atoms with E-state index >= 15 is 0 Å². The number of nitrogens with zero attached hydrogens (tertiary/aromatic N) is 1. The quantitative estimate of drug-likeness (QED) is 0.780. The SMILES string of the molecule is C[C@@H]1CN(C(C(=O)NCc2ccc3c(c2)OCO3)c2ccccc2)C[C@H]1C(=O)O. The lowest BCUT2D eigenvalue weighted by Crippen LogP contribution is -2.39. The number of nitrogens with one attached hydrogen (secondary N) is 1. The maximum absolute atomic E-state index is 13.2. The Morgan fingerprint density at radius 2 is 1.90 bits per heavy atom. The van der Waals surface area contributed by atoms with Crippen LogP contribution in [0.5, 0.6) is 11.5 Å². The second kappa shape index (κ2) is 8.13. The molecule has 0 aliphatic carbocycles. The molecule has 1 fully saturated rings. The third-order valence-electron chi connectivity index (χ3n) is 5.59. The molecule has 0 aromatic heterocycles. The highest BCUT2D eigenvalue weighted by Gasteiger charge is 2.40. The summed E-state index contributed by atoms with van der Waals surface area (Å²) in [5.41, 5.74) is 1.77. The second-order valence-electron chi connectivity index (χ2n) is 7.59. The molecule has 0 saturated carbocycles. The van der Waals surface area contributed by atoms with Crippen LogP contribution in [0.15, 0.2) is 48.5 Å². The summed E-state index contributed by atoms with van der Waals surface area (Å²) >= 11 is 0. The van der Waals surface area contributed by atoms with Crippen molar-refractivity contribution in [1.29, 1.82) is 0 Å². The molecule has 2 aliphatic rings. The summed E-state index contributed by atoms with van der Waals surface area (Å²) < 4.78 is 10.7. The molecular weight excluding hydrogens is 372 g/mol. The van der Waals surface area contributed by atoms with Gasteiger partial charge in [-0.05, 0) is 29.2 Å². The van der Waals surface area contributed by atoms with E-state index in [9.17, 15) is 14.7 Å². The molecule has 2 aromatic rings. The summed E-state index contributed by atoms with van der Waals surface area (Å²) in [6.07, 6.45) is 0. The Morgan fingerprint density at radius 3 is 2.62 bits per heavy atom. The molecule has 2 aromatic carbocycles. The van der Waals surface area contributed by atoms with E-state index in [1.165, 1.54) is 0 Å². The van der Waals surface area contributed by atoms with Gasteiger partial charge in [0.1, 0.15) is 6.04 Å². The van der Waals surface area contributed by atoms with Gasteiger partial charge in [-0.3, -0.25) is 14.5 Å². The second-order valence-corrected chi connectivity index (χ2v) is 7.59. The summed E-state index contributed by atoms with van der Waals surface area (Å²) in [7, 11) is 0. The number of amides is 1. The predicted molar refractivity (Wildman–Crippen MR) is 105 cm³/mol. The van der Waals surface area contributed by atoms with Crippen molar-refractivity contribution in [2.45, 2.75) is 19.5 Å². The van der Waals surface area contributed by atoms with Gasteiger partial charge >= 0.3 is 5.97 Å². The van der Waals surface area contributed by atoms with Crippen molar-refractivity contribution < 1.29 is 24.2 Å². The highest BCUT2D eigenvalue weighted by molar-refractivity contribution is 5.83. The summed E-state index contributed by atoms with van der Waals surface area (Å²) in [6, 6.07) is 14.5. The molecule has 2 aliphatic heterocycles. The van der Waals surface area contributed by atoms with Crippen LogP contribution < -0.4 is 14.8 Å². The van der Waals surface area contributed by atoms with E-state index in [-0.39, 0.29) is 18.6 Å². The Labute approximate surface area is 169 Å². The van der Waals surface area contributed by atoms with Gasteiger partial charge in [0.2, 0.25) is 12.7 Å². The smallest absolute Gasteiger partial charge is 0.308 e. The number of likely N-dealkylation sites (tertiary alicyclic amines) is 1. The molecule has 7 heteroatoms. The third-order valence-corrected chi connectivity index (χ3v) is 5.59. The van der Waals surface area contributed by atoms with Crippen LogP contribution in [0.2, 0.25) is 0 Å². The Hall–Kier alpha value is -3.06. The zero-order chi connectivity index (χ0) is 20.4. The van der Waals surface area contributed by atoms with Crippen molar-refractivity contribution in [1.82, 2.24) is 10.2 Å². The van der Waals surface area contributed by atoms with Crippen molar-refractivity contribution in [2.24, 2.45) is 11.8 Å². The summed E-state index contributed by atoms with van der Waals surface area (Å²) in [5, 5.41) is 12.5. The zero-order valence-corrected chi connectivity index (χ0v) is 16.2. The van der Waals surface area contributed by atoms with E-state index in [1.54, 1.807) is 0 Å². The molecule has 1 amide bonds. The van der Waals surface area contributed by atoms with Gasteiger partial charge in [-0.25, -0.2) is 0 Å². The standard InChI is InChI=1S/C22H24N2O5/c1-14-11-24(12-17(14)22(26)27)20(16-5-3-2-4-6-16)21(25)23-10-15-7-8-18-19(9-15)29-13-28-18/h2-9,14,17,20H,10-13H2,1H3,(H,23,25)(H,26,27)/t14-,17-,20?/m1/s1. The lowest BCUT2D eigenvalue weighted by molar-refractivity contribution is -0.142. The summed E-state index contributed by atoms with van der Waals surface area (Å²) in [4.78, 5) is 26.7. The lowest BCUT2D eigenvalue weighted by atomic mass is 9.99. The number of carboxylic acids is 1. The number of fused-ring (bicyclic) bond motifs is 1. The Balaban J connectivity index is 1.50. The first-order valence-corrected chi connectivity index (χ1v) is 9.71. The van der Waals surface area contributed by atoms with Gasteiger partial charge in [-0.1, -0.05) is 43.3 Å². The number of rotatable bonds is 6. The van der Waals surface area contributed by atoms with Gasteiger partial charge in [-0.2, -0.15) is 0 Å². The number of carbonyl (C=O) groups excluding carboxylic acids is 1. The minimum atomic E-state index is -0.812. The normalized spacial score (nSPS) is 21.7.